The molecule has 2 unspecified atom stereocenters. The summed E-state index contributed by atoms with van der Waals surface area (Å²) in [6.45, 7) is -0.786. The first-order chi connectivity index (χ1) is 4.16. The van der Waals surface area contributed by atoms with Crippen molar-refractivity contribution in [1.82, 2.24) is 0 Å². The van der Waals surface area contributed by atoms with Crippen molar-refractivity contribution in [3.8, 4) is 0 Å². The van der Waals surface area contributed by atoms with Gasteiger partial charge in [-0.2, -0.15) is 0 Å². The van der Waals surface area contributed by atoms with E-state index in [4.69, 9.17) is 15.1 Å². The Hall–Kier alpha value is 0.459. The topological polar surface area (TPSA) is 87.0 Å². The Labute approximate surface area is 69.4 Å². The Balaban J connectivity index is 0. The Morgan fingerprint density at radius 1 is 1.60 bits per heavy atom. The summed E-state index contributed by atoms with van der Waals surface area (Å²) in [7, 11) is -2.66. The summed E-state index contributed by atoms with van der Waals surface area (Å²) in [6, 6.07) is 0. The molecule has 7 heteroatoms. The zero-order chi connectivity index (χ0) is 7.28. The van der Waals surface area contributed by atoms with Crippen molar-refractivity contribution >= 4 is 8.25 Å². The molecule has 0 spiro atoms. The monoisotopic (exact) mass is 218 g/mol. The fourth-order valence-corrected chi connectivity index (χ4v) is 0.502. The van der Waals surface area contributed by atoms with Gasteiger partial charge in [-0.25, -0.2) is 0 Å². The van der Waals surface area contributed by atoms with E-state index >= 15 is 0 Å². The van der Waals surface area contributed by atoms with Crippen LogP contribution in [0.15, 0.2) is 0 Å². The molecule has 0 aliphatic heterocycles. The van der Waals surface area contributed by atoms with E-state index in [1.807, 2.05) is 0 Å². The Kier molecular flexibility index (Phi) is 9.89. The van der Waals surface area contributed by atoms with E-state index in [2.05, 4.69) is 4.52 Å². The summed E-state index contributed by atoms with van der Waals surface area (Å²) in [5.74, 6) is 0. The predicted molar refractivity (Wildman–Crippen MR) is 28.9 cm³/mol. The van der Waals surface area contributed by atoms with E-state index in [1.165, 1.54) is 0 Å². The van der Waals surface area contributed by atoms with Crippen molar-refractivity contribution in [3.05, 3.63) is 0 Å². The second-order valence-corrected chi connectivity index (χ2v) is 2.10. The van der Waals surface area contributed by atoms with E-state index in [1.54, 1.807) is 0 Å². The van der Waals surface area contributed by atoms with Gasteiger partial charge in [0.1, 0.15) is 12.7 Å². The van der Waals surface area contributed by atoms with Crippen molar-refractivity contribution in [2.75, 3.05) is 13.2 Å². The molecule has 0 heterocycles. The third-order valence-electron chi connectivity index (χ3n) is 0.588. The second kappa shape index (κ2) is 7.57. The summed E-state index contributed by atoms with van der Waals surface area (Å²) in [4.78, 5) is 7.99. The van der Waals surface area contributed by atoms with Crippen LogP contribution in [0.4, 0.5) is 0 Å². The first-order valence-electron chi connectivity index (χ1n) is 2.24. The van der Waals surface area contributed by atoms with Gasteiger partial charge >= 0.3 is 8.25 Å². The van der Waals surface area contributed by atoms with E-state index in [-0.39, 0.29) is 23.7 Å². The minimum absolute atomic E-state index is 0. The molecule has 0 aromatic carbocycles. The molecule has 0 aromatic rings. The molecule has 2 atom stereocenters. The van der Waals surface area contributed by atoms with Gasteiger partial charge in [0.25, 0.3) is 0 Å². The van der Waals surface area contributed by atoms with Crippen molar-refractivity contribution in [3.63, 3.8) is 0 Å². The summed E-state index contributed by atoms with van der Waals surface area (Å²) < 4.78 is 13.8. The largest absolute Gasteiger partial charge is 0.694 e. The minimum atomic E-state index is -2.66. The molecule has 1 radical (unpaired) electrons. The smallest absolute Gasteiger partial charge is 0.394 e. The molecule has 0 saturated heterocycles. The van der Waals surface area contributed by atoms with Crippen molar-refractivity contribution in [2.45, 2.75) is 6.10 Å². The van der Waals surface area contributed by atoms with Crippen LogP contribution in [-0.2, 0) is 26.2 Å². The van der Waals surface area contributed by atoms with Crippen LogP contribution in [-0.4, -0.2) is 34.4 Å². The van der Waals surface area contributed by atoms with Crippen LogP contribution in [0.1, 0.15) is 0 Å². The van der Waals surface area contributed by atoms with Gasteiger partial charge < -0.3 is 10.2 Å². The quantitative estimate of drug-likeness (QED) is 0.416. The fourth-order valence-electron chi connectivity index (χ4n) is 0.203. The molecule has 0 saturated carbocycles. The van der Waals surface area contributed by atoms with Crippen LogP contribution in [0.25, 0.3) is 0 Å². The number of rotatable bonds is 4. The standard InChI is InChI=1S/C3H7O5P.Cu/c4-1-3(5)2-8-9(6)7;/h3-5H,1-2H2;/p+1. The van der Waals surface area contributed by atoms with Crippen LogP contribution in [0.3, 0.4) is 0 Å². The van der Waals surface area contributed by atoms with Gasteiger partial charge in [0.05, 0.1) is 6.61 Å². The molecule has 10 heavy (non-hydrogen) atoms. The maximum absolute atomic E-state index is 9.75. The molecular weight excluding hydrogens is 211 g/mol. The van der Waals surface area contributed by atoms with E-state index < -0.39 is 21.0 Å². The molecule has 3 N–H and O–H groups in total. The molecule has 0 rings (SSSR count). The minimum Gasteiger partial charge on any atom is -0.394 e. The number of hydrogen-bond donors (Lipinski definition) is 3. The van der Waals surface area contributed by atoms with E-state index in [9.17, 15) is 4.57 Å². The first kappa shape index (κ1) is 13.1. The van der Waals surface area contributed by atoms with Gasteiger partial charge in [-0.3, -0.25) is 0 Å². The average molecular weight is 219 g/mol. The summed E-state index contributed by atoms with van der Waals surface area (Å²) in [5.41, 5.74) is 0. The molecule has 0 fully saturated rings. The summed E-state index contributed by atoms with van der Waals surface area (Å²) >= 11 is 0. The first-order valence-corrected chi connectivity index (χ1v) is 3.38. The molecule has 5 nitrogen and oxygen atoms in total. The summed E-state index contributed by atoms with van der Waals surface area (Å²) in [6.07, 6.45) is -1.07. The molecule has 0 aliphatic carbocycles. The Bertz CT molecular complexity index is 98.9. The van der Waals surface area contributed by atoms with E-state index in [0.29, 0.717) is 0 Å². The van der Waals surface area contributed by atoms with Gasteiger partial charge in [-0.15, -0.1) is 9.42 Å². The van der Waals surface area contributed by atoms with Crippen molar-refractivity contribution < 1.29 is 41.3 Å². The van der Waals surface area contributed by atoms with Gasteiger partial charge in [-0.1, -0.05) is 0 Å². The molecule has 0 aliphatic rings. The average Bonchev–Trinajstić information content (AvgIpc) is 1.83. The van der Waals surface area contributed by atoms with Crippen LogP contribution >= 0.6 is 8.25 Å². The third-order valence-corrected chi connectivity index (χ3v) is 0.958. The summed E-state index contributed by atoms with van der Waals surface area (Å²) in [5, 5.41) is 16.6. The van der Waals surface area contributed by atoms with Gasteiger partial charge in [0.2, 0.25) is 0 Å². The predicted octanol–water partition coefficient (Wildman–Crippen LogP) is -0.997. The fraction of sp³-hybridized carbons (Fsp3) is 1.00. The van der Waals surface area contributed by atoms with Gasteiger partial charge in [0.15, 0.2) is 0 Å². The number of hydrogen-bond acceptors (Lipinski definition) is 4. The van der Waals surface area contributed by atoms with Gasteiger partial charge in [0, 0.05) is 21.6 Å². The normalized spacial score (nSPS) is 13.7. The maximum atomic E-state index is 9.75. The molecular formula is C3H8CuO5P+. The zero-order valence-electron chi connectivity index (χ0n) is 4.90. The number of aliphatic hydroxyl groups is 2. The maximum Gasteiger partial charge on any atom is 0.694 e. The molecule has 0 bridgehead atoms. The molecule has 0 aromatic heterocycles. The van der Waals surface area contributed by atoms with Crippen LogP contribution < -0.4 is 0 Å². The van der Waals surface area contributed by atoms with E-state index in [0.717, 1.165) is 0 Å². The zero-order valence-corrected chi connectivity index (χ0v) is 6.73. The van der Waals surface area contributed by atoms with Crippen LogP contribution in [0, 0.1) is 0 Å². The van der Waals surface area contributed by atoms with Crippen molar-refractivity contribution in [1.29, 1.82) is 0 Å². The van der Waals surface area contributed by atoms with Gasteiger partial charge in [-0.05, 0) is 0 Å². The van der Waals surface area contributed by atoms with Crippen LogP contribution in [0.5, 0.6) is 0 Å². The Morgan fingerprint density at radius 3 is 2.40 bits per heavy atom. The molecule has 65 valence electrons. The Morgan fingerprint density at radius 2 is 2.10 bits per heavy atom. The molecule has 0 amide bonds. The second-order valence-electron chi connectivity index (χ2n) is 1.37. The third kappa shape index (κ3) is 8.46. The van der Waals surface area contributed by atoms with Crippen molar-refractivity contribution in [2.24, 2.45) is 0 Å². The van der Waals surface area contributed by atoms with Crippen LogP contribution in [0.2, 0.25) is 0 Å². The number of aliphatic hydroxyl groups excluding tert-OH is 2. The SMILES string of the molecule is O=[P+](O)OCC(O)CO.[Cu].